The second kappa shape index (κ2) is 12.0. The molecule has 0 fully saturated rings. The summed E-state index contributed by atoms with van der Waals surface area (Å²) in [5.41, 5.74) is 12.1. The Morgan fingerprint density at radius 1 is 0.375 bits per heavy atom. The second-order valence-corrected chi connectivity index (χ2v) is 14.5. The van der Waals surface area contributed by atoms with E-state index in [1.54, 1.807) is 0 Å². The molecule has 0 aliphatic heterocycles. The van der Waals surface area contributed by atoms with Crippen molar-refractivity contribution in [3.8, 4) is 16.8 Å². The monoisotopic (exact) mass is 716 g/mol. The van der Waals surface area contributed by atoms with Crippen molar-refractivity contribution < 1.29 is 8.83 Å². The third kappa shape index (κ3) is 4.53. The SMILES string of the molecule is c1ccc(-n2c3cc(-c4ccc(N(c5cccc6c5oc5ccccc56)c5cccc6c5oc5ccccc56)cc4)ccc3c3c4ccccc4ccc32)cc1. The van der Waals surface area contributed by atoms with Crippen molar-refractivity contribution in [3.63, 3.8) is 0 Å². The summed E-state index contributed by atoms with van der Waals surface area (Å²) < 4.78 is 15.7. The van der Waals surface area contributed by atoms with E-state index in [0.29, 0.717) is 0 Å². The molecule has 0 saturated heterocycles. The van der Waals surface area contributed by atoms with E-state index in [0.717, 1.165) is 77.8 Å². The van der Waals surface area contributed by atoms with Crippen LogP contribution < -0.4 is 4.90 Å². The molecule has 56 heavy (non-hydrogen) atoms. The molecule has 0 aliphatic carbocycles. The van der Waals surface area contributed by atoms with Crippen LogP contribution in [0.4, 0.5) is 17.1 Å². The van der Waals surface area contributed by atoms with Crippen LogP contribution in [0.25, 0.3) is 93.3 Å². The summed E-state index contributed by atoms with van der Waals surface area (Å²) in [6.07, 6.45) is 0. The van der Waals surface area contributed by atoms with Crippen LogP contribution in [0, 0.1) is 0 Å². The highest BCUT2D eigenvalue weighted by Gasteiger charge is 2.23. The summed E-state index contributed by atoms with van der Waals surface area (Å²) in [4.78, 5) is 2.28. The fourth-order valence-electron chi connectivity index (χ4n) is 8.85. The van der Waals surface area contributed by atoms with Gasteiger partial charge < -0.3 is 18.3 Å². The number of aromatic nitrogens is 1. The van der Waals surface area contributed by atoms with Gasteiger partial charge in [0.1, 0.15) is 11.2 Å². The van der Waals surface area contributed by atoms with Crippen molar-refractivity contribution in [2.24, 2.45) is 0 Å². The first-order valence-corrected chi connectivity index (χ1v) is 19.0. The lowest BCUT2D eigenvalue weighted by molar-refractivity contribution is 0.666. The summed E-state index contributed by atoms with van der Waals surface area (Å²) in [6.45, 7) is 0. The quantitative estimate of drug-likeness (QED) is 0.178. The Morgan fingerprint density at radius 2 is 0.946 bits per heavy atom. The molecule has 0 bridgehead atoms. The molecule has 0 N–H and O–H groups in total. The first-order chi connectivity index (χ1) is 27.8. The number of benzene rings is 9. The van der Waals surface area contributed by atoms with E-state index < -0.39 is 0 Å². The molecular weight excluding hydrogens is 685 g/mol. The van der Waals surface area contributed by atoms with Crippen molar-refractivity contribution in [1.29, 1.82) is 0 Å². The number of nitrogens with zero attached hydrogens (tertiary/aromatic N) is 2. The van der Waals surface area contributed by atoms with Gasteiger partial charge in [-0.1, -0.05) is 133 Å². The van der Waals surface area contributed by atoms with Gasteiger partial charge in [-0.05, 0) is 82.6 Å². The van der Waals surface area contributed by atoms with Crippen LogP contribution in [0.5, 0.6) is 0 Å². The smallest absolute Gasteiger partial charge is 0.159 e. The van der Waals surface area contributed by atoms with Crippen LogP contribution in [0.2, 0.25) is 0 Å². The maximum atomic E-state index is 6.64. The largest absolute Gasteiger partial charge is 0.454 e. The van der Waals surface area contributed by atoms with Crippen molar-refractivity contribution in [1.82, 2.24) is 4.57 Å². The lowest BCUT2D eigenvalue weighted by Gasteiger charge is -2.25. The summed E-state index contributed by atoms with van der Waals surface area (Å²) in [5.74, 6) is 0. The van der Waals surface area contributed by atoms with Gasteiger partial charge in [0.05, 0.1) is 22.4 Å². The number of anilines is 3. The molecule has 0 atom stereocenters. The minimum Gasteiger partial charge on any atom is -0.454 e. The molecule has 12 aromatic rings. The predicted molar refractivity (Wildman–Crippen MR) is 233 cm³/mol. The Morgan fingerprint density at radius 3 is 1.62 bits per heavy atom. The number of para-hydroxylation sites is 5. The lowest BCUT2D eigenvalue weighted by Crippen LogP contribution is -2.10. The number of fused-ring (bicyclic) bond motifs is 11. The summed E-state index contributed by atoms with van der Waals surface area (Å²) >= 11 is 0. The molecule has 0 saturated carbocycles. The van der Waals surface area contributed by atoms with Gasteiger partial charge in [0.25, 0.3) is 0 Å². The van der Waals surface area contributed by atoms with E-state index in [4.69, 9.17) is 8.83 Å². The molecule has 12 rings (SSSR count). The molecule has 0 amide bonds. The Bertz CT molecular complexity index is 3370. The molecule has 0 unspecified atom stereocenters. The predicted octanol–water partition coefficient (Wildman–Crippen LogP) is 14.9. The van der Waals surface area contributed by atoms with Crippen molar-refractivity contribution in [3.05, 3.63) is 194 Å². The van der Waals surface area contributed by atoms with E-state index in [1.807, 2.05) is 24.3 Å². The Hall–Kier alpha value is -7.56. The molecule has 3 heterocycles. The zero-order valence-electron chi connectivity index (χ0n) is 30.2. The molecule has 0 aliphatic rings. The molecule has 0 spiro atoms. The highest BCUT2D eigenvalue weighted by Crippen LogP contribution is 2.46. The van der Waals surface area contributed by atoms with Gasteiger partial charge in [-0.25, -0.2) is 0 Å². The number of hydrogen-bond donors (Lipinski definition) is 0. The van der Waals surface area contributed by atoms with Crippen LogP contribution in [-0.2, 0) is 0 Å². The Balaban J connectivity index is 1.05. The second-order valence-electron chi connectivity index (χ2n) is 14.5. The van der Waals surface area contributed by atoms with Gasteiger partial charge in [-0.3, -0.25) is 0 Å². The van der Waals surface area contributed by atoms with E-state index in [-0.39, 0.29) is 0 Å². The zero-order valence-corrected chi connectivity index (χ0v) is 30.2. The van der Waals surface area contributed by atoms with E-state index >= 15 is 0 Å². The zero-order chi connectivity index (χ0) is 36.7. The minimum atomic E-state index is 0.831. The summed E-state index contributed by atoms with van der Waals surface area (Å²) in [5, 5.41) is 9.37. The van der Waals surface area contributed by atoms with Crippen molar-refractivity contribution >= 4 is 93.5 Å². The molecular formula is C52H32N2O2. The first kappa shape index (κ1) is 30.9. The molecule has 4 heteroatoms. The van der Waals surface area contributed by atoms with Crippen LogP contribution in [-0.4, -0.2) is 4.57 Å². The normalized spacial score (nSPS) is 11.9. The van der Waals surface area contributed by atoms with Crippen LogP contribution in [0.15, 0.2) is 203 Å². The maximum Gasteiger partial charge on any atom is 0.159 e. The number of furan rings is 2. The fraction of sp³-hybridized carbons (Fsp3) is 0. The first-order valence-electron chi connectivity index (χ1n) is 19.0. The van der Waals surface area contributed by atoms with E-state index in [9.17, 15) is 0 Å². The highest BCUT2D eigenvalue weighted by atomic mass is 16.3. The third-order valence-corrected chi connectivity index (χ3v) is 11.4. The minimum absolute atomic E-state index is 0.831. The van der Waals surface area contributed by atoms with Crippen LogP contribution in [0.3, 0.4) is 0 Å². The number of rotatable bonds is 5. The molecule has 9 aromatic carbocycles. The average Bonchev–Trinajstić information content (AvgIpc) is 3.95. The van der Waals surface area contributed by atoms with Gasteiger partial charge >= 0.3 is 0 Å². The lowest BCUT2D eigenvalue weighted by atomic mass is 10.0. The van der Waals surface area contributed by atoms with Gasteiger partial charge in [0, 0.05) is 43.7 Å². The van der Waals surface area contributed by atoms with Gasteiger partial charge in [-0.15, -0.1) is 0 Å². The van der Waals surface area contributed by atoms with E-state index in [1.165, 1.54) is 32.6 Å². The van der Waals surface area contributed by atoms with E-state index in [2.05, 4.69) is 179 Å². The molecule has 3 aromatic heterocycles. The van der Waals surface area contributed by atoms with Crippen LogP contribution >= 0.6 is 0 Å². The average molecular weight is 717 g/mol. The van der Waals surface area contributed by atoms with Gasteiger partial charge in [0.2, 0.25) is 0 Å². The van der Waals surface area contributed by atoms with Crippen molar-refractivity contribution in [2.75, 3.05) is 4.90 Å². The standard InChI is InChI=1S/C52H32N2O2/c1-2-13-36(14-3-1)53-44-31-27-34-12-4-5-15-38(34)50(44)43-30-26-35(32-47(43)53)33-24-28-37(29-25-33)54(45-20-10-18-41-39-16-6-8-22-48(39)55-51(41)45)46-21-11-19-42-40-17-7-9-23-49(40)56-52(42)46/h1-32H. The van der Waals surface area contributed by atoms with Gasteiger partial charge in [0.15, 0.2) is 11.2 Å². The third-order valence-electron chi connectivity index (χ3n) is 11.4. The molecule has 262 valence electrons. The molecule has 0 radical (unpaired) electrons. The summed E-state index contributed by atoms with van der Waals surface area (Å²) in [7, 11) is 0. The van der Waals surface area contributed by atoms with Crippen LogP contribution in [0.1, 0.15) is 0 Å². The van der Waals surface area contributed by atoms with Gasteiger partial charge in [-0.2, -0.15) is 0 Å². The topological polar surface area (TPSA) is 34.5 Å². The highest BCUT2D eigenvalue weighted by molar-refractivity contribution is 6.22. The Labute approximate surface area is 321 Å². The maximum absolute atomic E-state index is 6.64. The van der Waals surface area contributed by atoms with Crippen molar-refractivity contribution in [2.45, 2.75) is 0 Å². The summed E-state index contributed by atoms with van der Waals surface area (Å²) in [6, 6.07) is 68.9. The Kier molecular flexibility index (Phi) is 6.60. The number of hydrogen-bond acceptors (Lipinski definition) is 3. The molecule has 4 nitrogen and oxygen atoms in total. The fourth-order valence-corrected chi connectivity index (χ4v) is 8.85.